The van der Waals surface area contributed by atoms with Gasteiger partial charge in [-0.2, -0.15) is 8.78 Å². The van der Waals surface area contributed by atoms with Crippen LogP contribution < -0.4 is 10.6 Å². The number of aliphatic hydroxyl groups is 1. The molecule has 7 nitrogen and oxygen atoms in total. The Morgan fingerprint density at radius 1 is 1.03 bits per heavy atom. The fourth-order valence-corrected chi connectivity index (χ4v) is 2.66. The average molecular weight is 428 g/mol. The van der Waals surface area contributed by atoms with E-state index in [1.165, 1.54) is 13.8 Å². The molecule has 0 aromatic heterocycles. The van der Waals surface area contributed by atoms with Gasteiger partial charge in [-0.1, -0.05) is 44.2 Å². The van der Waals surface area contributed by atoms with Crippen molar-refractivity contribution in [3.8, 4) is 0 Å². The lowest BCUT2D eigenvalue weighted by Gasteiger charge is -2.33. The molecule has 0 spiro atoms. The van der Waals surface area contributed by atoms with Crippen LogP contribution in [0, 0.1) is 5.92 Å². The summed E-state index contributed by atoms with van der Waals surface area (Å²) in [5.74, 6) is -7.01. The molecule has 168 valence electrons. The Hall–Kier alpha value is -2.55. The second-order valence-corrected chi connectivity index (χ2v) is 8.39. The first-order valence-electron chi connectivity index (χ1n) is 9.58. The third-order valence-electron chi connectivity index (χ3n) is 4.26. The van der Waals surface area contributed by atoms with Crippen LogP contribution in [-0.4, -0.2) is 46.6 Å². The van der Waals surface area contributed by atoms with Crippen LogP contribution in [0.25, 0.3) is 0 Å². The molecular formula is C21H30F2N2O5. The summed E-state index contributed by atoms with van der Waals surface area (Å²) in [5, 5.41) is 14.9. The lowest BCUT2D eigenvalue weighted by molar-refractivity contribution is -0.165. The molecule has 0 saturated carbocycles. The lowest BCUT2D eigenvalue weighted by atomic mass is 9.92. The molecule has 1 aromatic rings. The summed E-state index contributed by atoms with van der Waals surface area (Å²) in [6, 6.07) is 5.44. The summed E-state index contributed by atoms with van der Waals surface area (Å²) in [6.45, 7) is 8.66. The Morgan fingerprint density at radius 2 is 1.57 bits per heavy atom. The number of Topliss-reactive ketones (excluding diaryl/α,β-unsaturated/α-hetero) is 1. The molecule has 3 N–H and O–H groups in total. The molecule has 0 aliphatic heterocycles. The molecule has 0 fully saturated rings. The monoisotopic (exact) mass is 428 g/mol. The Bertz CT molecular complexity index is 748. The molecule has 1 aromatic carbocycles. The molecular weight excluding hydrogens is 398 g/mol. The third kappa shape index (κ3) is 7.05. The minimum Gasteiger partial charge on any atom is -0.444 e. The first kappa shape index (κ1) is 25.5. The van der Waals surface area contributed by atoms with E-state index in [0.717, 1.165) is 0 Å². The van der Waals surface area contributed by atoms with E-state index >= 15 is 0 Å². The molecule has 0 saturated heterocycles. The van der Waals surface area contributed by atoms with Crippen molar-refractivity contribution in [2.75, 3.05) is 0 Å². The molecule has 0 radical (unpaired) electrons. The van der Waals surface area contributed by atoms with E-state index in [1.54, 1.807) is 51.1 Å². The van der Waals surface area contributed by atoms with E-state index in [4.69, 9.17) is 4.74 Å². The fourth-order valence-electron chi connectivity index (χ4n) is 2.66. The Morgan fingerprint density at radius 3 is 2.00 bits per heavy atom. The van der Waals surface area contributed by atoms with Crippen LogP contribution in [0.2, 0.25) is 0 Å². The lowest BCUT2D eigenvalue weighted by Crippen LogP contribution is -2.58. The van der Waals surface area contributed by atoms with Gasteiger partial charge >= 0.3 is 12.0 Å². The number of alkyl carbamates (subject to hydrolysis) is 1. The summed E-state index contributed by atoms with van der Waals surface area (Å²) in [7, 11) is 0. The molecule has 1 rings (SSSR count). The first-order chi connectivity index (χ1) is 13.7. The number of hydrogen-bond acceptors (Lipinski definition) is 5. The number of halogens is 2. The molecule has 0 aliphatic carbocycles. The summed E-state index contributed by atoms with van der Waals surface area (Å²) < 4.78 is 33.3. The number of aliphatic hydroxyl groups excluding tert-OH is 1. The van der Waals surface area contributed by atoms with Crippen molar-refractivity contribution < 1.29 is 33.0 Å². The van der Waals surface area contributed by atoms with Crippen LogP contribution >= 0.6 is 0 Å². The number of ether oxygens (including phenoxy) is 1. The number of ketones is 1. The summed E-state index contributed by atoms with van der Waals surface area (Å²) >= 11 is 0. The maximum atomic E-state index is 14.1. The zero-order chi connectivity index (χ0) is 23.3. The summed E-state index contributed by atoms with van der Waals surface area (Å²) in [6.07, 6.45) is -3.31. The van der Waals surface area contributed by atoms with Crippen molar-refractivity contribution in [3.05, 3.63) is 35.9 Å². The largest absolute Gasteiger partial charge is 0.444 e. The van der Waals surface area contributed by atoms with Gasteiger partial charge in [0.25, 0.3) is 0 Å². The number of alkyl halides is 2. The van der Waals surface area contributed by atoms with Crippen molar-refractivity contribution in [1.29, 1.82) is 0 Å². The standard InChI is InChI=1S/C21H30F2N2O5/c1-12(2)15(17(27)21(22,23)13(3)26)24-18(28)16(14-10-8-7-9-11-14)25-19(29)30-20(4,5)6/h7-12,15-17,27H,1-6H3,(H,24,28)(H,25,29)/t15-,16-,17+/m0/s1. The molecule has 9 heteroatoms. The van der Waals surface area contributed by atoms with Crippen LogP contribution in [0.3, 0.4) is 0 Å². The number of carbonyl (C=O) groups excluding carboxylic acids is 3. The van der Waals surface area contributed by atoms with Crippen molar-refractivity contribution in [3.63, 3.8) is 0 Å². The highest BCUT2D eigenvalue weighted by molar-refractivity contribution is 5.88. The van der Waals surface area contributed by atoms with Crippen LogP contribution in [0.5, 0.6) is 0 Å². The molecule has 0 heterocycles. The van der Waals surface area contributed by atoms with Crippen molar-refractivity contribution in [1.82, 2.24) is 10.6 Å². The van der Waals surface area contributed by atoms with Crippen LogP contribution in [0.15, 0.2) is 30.3 Å². The second kappa shape index (κ2) is 9.97. The number of hydrogen-bond donors (Lipinski definition) is 3. The van der Waals surface area contributed by atoms with Gasteiger partial charge in [0.15, 0.2) is 0 Å². The molecule has 30 heavy (non-hydrogen) atoms. The number of carbonyl (C=O) groups is 3. The van der Waals surface area contributed by atoms with E-state index in [0.29, 0.717) is 12.5 Å². The number of amides is 2. The highest BCUT2D eigenvalue weighted by Gasteiger charge is 2.49. The van der Waals surface area contributed by atoms with Gasteiger partial charge in [0, 0.05) is 6.92 Å². The van der Waals surface area contributed by atoms with E-state index < -0.39 is 53.4 Å². The maximum Gasteiger partial charge on any atom is 0.408 e. The van der Waals surface area contributed by atoms with Gasteiger partial charge in [-0.05, 0) is 32.3 Å². The van der Waals surface area contributed by atoms with Gasteiger partial charge in [0.2, 0.25) is 11.7 Å². The highest BCUT2D eigenvalue weighted by Crippen LogP contribution is 2.26. The van der Waals surface area contributed by atoms with Gasteiger partial charge < -0.3 is 20.5 Å². The molecule has 2 amide bonds. The first-order valence-corrected chi connectivity index (χ1v) is 9.58. The third-order valence-corrected chi connectivity index (χ3v) is 4.26. The minimum absolute atomic E-state index is 0.385. The second-order valence-electron chi connectivity index (χ2n) is 8.39. The molecule has 3 atom stereocenters. The Kier molecular flexibility index (Phi) is 8.47. The van der Waals surface area contributed by atoms with Crippen LogP contribution in [0.4, 0.5) is 13.6 Å². The van der Waals surface area contributed by atoms with Crippen molar-refractivity contribution >= 4 is 17.8 Å². The molecule has 0 unspecified atom stereocenters. The van der Waals surface area contributed by atoms with Gasteiger partial charge in [-0.3, -0.25) is 9.59 Å². The highest BCUT2D eigenvalue weighted by atomic mass is 19.3. The zero-order valence-electron chi connectivity index (χ0n) is 18.0. The van der Waals surface area contributed by atoms with E-state index in [9.17, 15) is 28.3 Å². The minimum atomic E-state index is -4.04. The number of rotatable bonds is 8. The number of nitrogens with one attached hydrogen (secondary N) is 2. The zero-order valence-corrected chi connectivity index (χ0v) is 18.0. The summed E-state index contributed by atoms with van der Waals surface area (Å²) in [5.41, 5.74) is -0.432. The summed E-state index contributed by atoms with van der Waals surface area (Å²) in [4.78, 5) is 36.4. The SMILES string of the molecule is CC(=O)C(F)(F)[C@H](O)[C@@H](NC(=O)[C@@H](NC(=O)OC(C)(C)C)c1ccccc1)C(C)C. The molecule has 0 aliphatic rings. The van der Waals surface area contributed by atoms with Crippen molar-refractivity contribution in [2.24, 2.45) is 5.92 Å². The fraction of sp³-hybridized carbons (Fsp3) is 0.571. The smallest absolute Gasteiger partial charge is 0.408 e. The maximum absolute atomic E-state index is 14.1. The van der Waals surface area contributed by atoms with E-state index in [-0.39, 0.29) is 0 Å². The topological polar surface area (TPSA) is 105 Å². The number of benzene rings is 1. The predicted molar refractivity (Wildman–Crippen MR) is 107 cm³/mol. The van der Waals surface area contributed by atoms with Gasteiger partial charge in [0.05, 0.1) is 6.04 Å². The Labute approximate surface area is 175 Å². The van der Waals surface area contributed by atoms with Crippen LogP contribution in [0.1, 0.15) is 53.1 Å². The average Bonchev–Trinajstić information content (AvgIpc) is 2.62. The van der Waals surface area contributed by atoms with Gasteiger partial charge in [-0.25, -0.2) is 4.79 Å². The Balaban J connectivity index is 3.16. The predicted octanol–water partition coefficient (Wildman–Crippen LogP) is 2.98. The quantitative estimate of drug-likeness (QED) is 0.591. The van der Waals surface area contributed by atoms with Crippen molar-refractivity contribution in [2.45, 2.75) is 71.3 Å². The van der Waals surface area contributed by atoms with Crippen LogP contribution in [-0.2, 0) is 14.3 Å². The molecule has 0 bridgehead atoms. The van der Waals surface area contributed by atoms with Gasteiger partial charge in [0.1, 0.15) is 17.7 Å². The van der Waals surface area contributed by atoms with E-state index in [1.807, 2.05) is 0 Å². The normalized spacial score (nSPS) is 15.1. The van der Waals surface area contributed by atoms with E-state index in [2.05, 4.69) is 10.6 Å². The van der Waals surface area contributed by atoms with Gasteiger partial charge in [-0.15, -0.1) is 0 Å².